The van der Waals surface area contributed by atoms with Crippen molar-refractivity contribution >= 4 is 16.8 Å². The van der Waals surface area contributed by atoms with Gasteiger partial charge < -0.3 is 5.11 Å². The first-order chi connectivity index (χ1) is 8.68. The molecule has 1 aromatic rings. The van der Waals surface area contributed by atoms with E-state index in [9.17, 15) is 14.1 Å². The standard InChI is InChI=1S/C14H18O3S/c15-14(16)13(11-6-2-1-3-7-11)10-18(17)12-8-4-5-9-12/h1-3,6-7,12-13H,4-5,8-10H2,(H,15,16). The van der Waals surface area contributed by atoms with Crippen LogP contribution in [0.2, 0.25) is 0 Å². The van der Waals surface area contributed by atoms with Crippen LogP contribution in [0.15, 0.2) is 30.3 Å². The Labute approximate surface area is 110 Å². The van der Waals surface area contributed by atoms with Gasteiger partial charge in [0.15, 0.2) is 0 Å². The molecule has 0 spiro atoms. The summed E-state index contributed by atoms with van der Waals surface area (Å²) >= 11 is 0. The van der Waals surface area contributed by atoms with Gasteiger partial charge in [-0.05, 0) is 18.4 Å². The van der Waals surface area contributed by atoms with Crippen molar-refractivity contribution in [3.8, 4) is 0 Å². The summed E-state index contributed by atoms with van der Waals surface area (Å²) in [4.78, 5) is 11.3. The minimum atomic E-state index is -1.03. The predicted octanol–water partition coefficient (Wildman–Crippen LogP) is 2.55. The highest BCUT2D eigenvalue weighted by Crippen LogP contribution is 2.26. The lowest BCUT2D eigenvalue weighted by Crippen LogP contribution is -2.23. The molecule has 1 aliphatic rings. The van der Waals surface area contributed by atoms with Crippen molar-refractivity contribution in [2.24, 2.45) is 0 Å². The summed E-state index contributed by atoms with van der Waals surface area (Å²) in [5.74, 6) is -1.29. The summed E-state index contributed by atoms with van der Waals surface area (Å²) < 4.78 is 12.2. The summed E-state index contributed by atoms with van der Waals surface area (Å²) in [6, 6.07) is 9.10. The minimum Gasteiger partial charge on any atom is -0.481 e. The average molecular weight is 266 g/mol. The molecule has 98 valence electrons. The van der Waals surface area contributed by atoms with E-state index >= 15 is 0 Å². The van der Waals surface area contributed by atoms with E-state index in [1.807, 2.05) is 18.2 Å². The molecule has 2 rings (SSSR count). The van der Waals surface area contributed by atoms with E-state index in [4.69, 9.17) is 0 Å². The normalized spacial score (nSPS) is 19.6. The fraction of sp³-hybridized carbons (Fsp3) is 0.500. The van der Waals surface area contributed by atoms with E-state index in [2.05, 4.69) is 0 Å². The topological polar surface area (TPSA) is 54.4 Å². The number of carbonyl (C=O) groups is 1. The Bertz CT molecular complexity index is 424. The summed E-state index contributed by atoms with van der Waals surface area (Å²) in [6.07, 6.45) is 4.21. The zero-order chi connectivity index (χ0) is 13.0. The Kier molecular flexibility index (Phi) is 4.53. The number of hydrogen-bond acceptors (Lipinski definition) is 2. The lowest BCUT2D eigenvalue weighted by Gasteiger charge is -2.15. The van der Waals surface area contributed by atoms with Gasteiger partial charge in [0, 0.05) is 21.8 Å². The van der Waals surface area contributed by atoms with Gasteiger partial charge in [0.2, 0.25) is 0 Å². The lowest BCUT2D eigenvalue weighted by atomic mass is 10.0. The highest BCUT2D eigenvalue weighted by atomic mass is 32.2. The van der Waals surface area contributed by atoms with Gasteiger partial charge in [-0.1, -0.05) is 43.2 Å². The molecule has 0 heterocycles. The first-order valence-electron chi connectivity index (χ1n) is 6.33. The predicted molar refractivity (Wildman–Crippen MR) is 72.1 cm³/mol. The maximum Gasteiger partial charge on any atom is 0.311 e. The number of hydrogen-bond donors (Lipinski definition) is 1. The highest BCUT2D eigenvalue weighted by molar-refractivity contribution is 7.85. The zero-order valence-electron chi connectivity index (χ0n) is 10.2. The molecular weight excluding hydrogens is 248 g/mol. The number of carboxylic acids is 1. The first kappa shape index (κ1) is 13.3. The van der Waals surface area contributed by atoms with Crippen LogP contribution < -0.4 is 0 Å². The molecule has 1 N–H and O–H groups in total. The van der Waals surface area contributed by atoms with Crippen molar-refractivity contribution in [2.75, 3.05) is 5.75 Å². The fourth-order valence-electron chi connectivity index (χ4n) is 2.45. The summed E-state index contributed by atoms with van der Waals surface area (Å²) in [6.45, 7) is 0. The van der Waals surface area contributed by atoms with Crippen LogP contribution in [0.3, 0.4) is 0 Å². The third-order valence-corrected chi connectivity index (χ3v) is 5.38. The molecule has 1 fully saturated rings. The van der Waals surface area contributed by atoms with Gasteiger partial charge in [0.05, 0.1) is 5.92 Å². The Hall–Kier alpha value is -1.16. The largest absolute Gasteiger partial charge is 0.481 e. The number of aliphatic carboxylic acids is 1. The molecule has 0 aromatic heterocycles. The molecule has 2 atom stereocenters. The highest BCUT2D eigenvalue weighted by Gasteiger charge is 2.28. The van der Waals surface area contributed by atoms with Crippen molar-refractivity contribution in [3.05, 3.63) is 35.9 Å². The molecule has 18 heavy (non-hydrogen) atoms. The van der Waals surface area contributed by atoms with Crippen molar-refractivity contribution < 1.29 is 14.1 Å². The molecule has 0 radical (unpaired) electrons. The minimum absolute atomic E-state index is 0.204. The van der Waals surface area contributed by atoms with Gasteiger partial charge in [0.1, 0.15) is 0 Å². The second kappa shape index (κ2) is 6.14. The van der Waals surface area contributed by atoms with E-state index < -0.39 is 22.7 Å². The van der Waals surface area contributed by atoms with Crippen molar-refractivity contribution in [3.63, 3.8) is 0 Å². The Balaban J connectivity index is 2.07. The molecule has 1 saturated carbocycles. The van der Waals surface area contributed by atoms with Crippen molar-refractivity contribution in [1.82, 2.24) is 0 Å². The second-order valence-corrected chi connectivity index (χ2v) is 6.52. The number of rotatable bonds is 5. The Morgan fingerprint density at radius 1 is 1.28 bits per heavy atom. The van der Waals surface area contributed by atoms with Gasteiger partial charge >= 0.3 is 5.97 Å². The van der Waals surface area contributed by atoms with Crippen LogP contribution >= 0.6 is 0 Å². The van der Waals surface area contributed by atoms with E-state index in [0.29, 0.717) is 0 Å². The molecule has 0 aliphatic heterocycles. The molecule has 3 nitrogen and oxygen atoms in total. The molecule has 0 bridgehead atoms. The van der Waals surface area contributed by atoms with Crippen LogP contribution in [0.25, 0.3) is 0 Å². The smallest absolute Gasteiger partial charge is 0.311 e. The number of carboxylic acid groups (broad SMARTS) is 1. The van der Waals surface area contributed by atoms with Crippen LogP contribution in [0.1, 0.15) is 37.2 Å². The molecular formula is C14H18O3S. The maximum absolute atomic E-state index is 12.2. The molecule has 1 aliphatic carbocycles. The molecule has 0 amide bonds. The molecule has 1 aromatic carbocycles. The van der Waals surface area contributed by atoms with Gasteiger partial charge in [-0.25, -0.2) is 0 Å². The number of benzene rings is 1. The van der Waals surface area contributed by atoms with Crippen LogP contribution in [-0.2, 0) is 15.6 Å². The lowest BCUT2D eigenvalue weighted by molar-refractivity contribution is -0.138. The van der Waals surface area contributed by atoms with Gasteiger partial charge in [-0.15, -0.1) is 0 Å². The summed E-state index contributed by atoms with van der Waals surface area (Å²) in [7, 11) is -1.03. The quantitative estimate of drug-likeness (QED) is 0.891. The van der Waals surface area contributed by atoms with Crippen LogP contribution in [-0.4, -0.2) is 26.3 Å². The first-order valence-corrected chi connectivity index (χ1v) is 7.71. The maximum atomic E-state index is 12.2. The molecule has 0 saturated heterocycles. The van der Waals surface area contributed by atoms with E-state index in [1.165, 1.54) is 0 Å². The van der Waals surface area contributed by atoms with Crippen LogP contribution in [0.5, 0.6) is 0 Å². The SMILES string of the molecule is O=C(O)C(CS(=O)C1CCCC1)c1ccccc1. The van der Waals surface area contributed by atoms with Crippen LogP contribution in [0.4, 0.5) is 0 Å². The van der Waals surface area contributed by atoms with Crippen LogP contribution in [0, 0.1) is 0 Å². The molecule has 2 unspecified atom stereocenters. The third-order valence-electron chi connectivity index (χ3n) is 3.50. The third kappa shape index (κ3) is 3.19. The Morgan fingerprint density at radius 3 is 2.44 bits per heavy atom. The fourth-order valence-corrected chi connectivity index (χ4v) is 4.24. The summed E-state index contributed by atoms with van der Waals surface area (Å²) in [5.41, 5.74) is 0.747. The zero-order valence-corrected chi connectivity index (χ0v) is 11.1. The summed E-state index contributed by atoms with van der Waals surface area (Å²) in [5, 5.41) is 9.49. The Morgan fingerprint density at radius 2 is 1.89 bits per heavy atom. The van der Waals surface area contributed by atoms with Crippen molar-refractivity contribution in [1.29, 1.82) is 0 Å². The average Bonchev–Trinajstić information content (AvgIpc) is 2.90. The monoisotopic (exact) mass is 266 g/mol. The van der Waals surface area contributed by atoms with E-state index in [0.717, 1.165) is 31.2 Å². The molecule has 4 heteroatoms. The van der Waals surface area contributed by atoms with E-state index in [-0.39, 0.29) is 11.0 Å². The van der Waals surface area contributed by atoms with Gasteiger partial charge in [-0.2, -0.15) is 0 Å². The van der Waals surface area contributed by atoms with Crippen molar-refractivity contribution in [2.45, 2.75) is 36.9 Å². The van der Waals surface area contributed by atoms with Gasteiger partial charge in [-0.3, -0.25) is 9.00 Å². The second-order valence-electron chi connectivity index (χ2n) is 4.76. The van der Waals surface area contributed by atoms with Gasteiger partial charge in [0.25, 0.3) is 0 Å². The van der Waals surface area contributed by atoms with E-state index in [1.54, 1.807) is 12.1 Å².